The van der Waals surface area contributed by atoms with Gasteiger partial charge in [0.25, 0.3) is 11.6 Å². The second kappa shape index (κ2) is 5.73. The highest BCUT2D eigenvalue weighted by atomic mass is 35.5. The van der Waals surface area contributed by atoms with Crippen LogP contribution in [0.3, 0.4) is 0 Å². The van der Waals surface area contributed by atoms with Crippen LogP contribution in [0.2, 0.25) is 5.02 Å². The number of benzene rings is 2. The molecule has 2 aromatic carbocycles. The summed E-state index contributed by atoms with van der Waals surface area (Å²) in [6.07, 6.45) is 1.28. The average molecular weight is 331 g/mol. The molecule has 3 aromatic rings. The molecule has 7 heteroatoms. The number of nitro groups is 1. The van der Waals surface area contributed by atoms with Crippen molar-refractivity contribution in [2.45, 2.75) is 6.92 Å². The number of anilines is 1. The number of rotatable bonds is 3. The highest BCUT2D eigenvalue weighted by Gasteiger charge is 2.17. The van der Waals surface area contributed by atoms with Crippen molar-refractivity contribution in [3.05, 3.63) is 68.9 Å². The smallest absolute Gasteiger partial charge is 0.270 e. The van der Waals surface area contributed by atoms with Gasteiger partial charge in [0, 0.05) is 28.2 Å². The monoisotopic (exact) mass is 330 g/mol. The number of amides is 1. The summed E-state index contributed by atoms with van der Waals surface area (Å²) in [5.41, 5.74) is 1.95. The topological polar surface area (TPSA) is 85.4 Å². The van der Waals surface area contributed by atoms with Crippen LogP contribution in [-0.4, -0.2) is 10.8 Å². The summed E-state index contributed by atoms with van der Waals surface area (Å²) < 4.78 is 5.28. The van der Waals surface area contributed by atoms with Gasteiger partial charge < -0.3 is 9.73 Å². The molecule has 0 aliphatic carbocycles. The summed E-state index contributed by atoms with van der Waals surface area (Å²) in [5, 5.41) is 14.5. The molecular weight excluding hydrogens is 320 g/mol. The van der Waals surface area contributed by atoms with E-state index in [4.69, 9.17) is 16.0 Å². The van der Waals surface area contributed by atoms with E-state index >= 15 is 0 Å². The van der Waals surface area contributed by atoms with Crippen LogP contribution in [-0.2, 0) is 0 Å². The van der Waals surface area contributed by atoms with E-state index in [2.05, 4.69) is 5.32 Å². The van der Waals surface area contributed by atoms with E-state index in [1.54, 1.807) is 18.2 Å². The van der Waals surface area contributed by atoms with E-state index in [1.165, 1.54) is 24.5 Å². The predicted octanol–water partition coefficient (Wildman–Crippen LogP) is 4.56. The van der Waals surface area contributed by atoms with Gasteiger partial charge in [0.2, 0.25) is 0 Å². The van der Waals surface area contributed by atoms with Crippen LogP contribution in [0, 0.1) is 17.0 Å². The second-order valence-electron chi connectivity index (χ2n) is 5.01. The Labute approximate surface area is 135 Å². The van der Waals surface area contributed by atoms with Crippen molar-refractivity contribution >= 4 is 39.9 Å². The molecule has 1 amide bonds. The van der Waals surface area contributed by atoms with Gasteiger partial charge in [-0.25, -0.2) is 0 Å². The lowest BCUT2D eigenvalue weighted by Crippen LogP contribution is -2.11. The normalized spacial score (nSPS) is 10.7. The molecule has 3 rings (SSSR count). The maximum absolute atomic E-state index is 12.4. The number of hydrogen-bond donors (Lipinski definition) is 1. The van der Waals surface area contributed by atoms with Gasteiger partial charge in [0.1, 0.15) is 11.8 Å². The zero-order chi connectivity index (χ0) is 16.6. The fourth-order valence-electron chi connectivity index (χ4n) is 2.18. The van der Waals surface area contributed by atoms with E-state index in [9.17, 15) is 14.9 Å². The fourth-order valence-corrected chi connectivity index (χ4v) is 2.36. The maximum Gasteiger partial charge on any atom is 0.270 e. The van der Waals surface area contributed by atoms with Gasteiger partial charge in [-0.2, -0.15) is 0 Å². The summed E-state index contributed by atoms with van der Waals surface area (Å²) in [6, 6.07) is 9.26. The molecule has 0 atom stereocenters. The third-order valence-electron chi connectivity index (χ3n) is 3.44. The van der Waals surface area contributed by atoms with Crippen LogP contribution in [0.1, 0.15) is 15.9 Å². The Bertz CT molecular complexity index is 933. The summed E-state index contributed by atoms with van der Waals surface area (Å²) in [4.78, 5) is 22.7. The molecule has 0 saturated carbocycles. The van der Waals surface area contributed by atoms with Crippen LogP contribution in [0.4, 0.5) is 11.4 Å². The first-order valence-corrected chi connectivity index (χ1v) is 7.06. The molecular formula is C16H11ClN2O4. The minimum Gasteiger partial charge on any atom is -0.463 e. The Hall–Kier alpha value is -2.86. The van der Waals surface area contributed by atoms with Crippen molar-refractivity contribution in [2.75, 3.05) is 5.32 Å². The SMILES string of the molecule is Cc1ccc(NC(=O)c2coc3ccc([N+](=O)[O-])cc23)cc1Cl. The highest BCUT2D eigenvalue weighted by molar-refractivity contribution is 6.31. The number of nitro benzene ring substituents is 1. The molecule has 23 heavy (non-hydrogen) atoms. The van der Waals surface area contributed by atoms with Crippen LogP contribution >= 0.6 is 11.6 Å². The summed E-state index contributed by atoms with van der Waals surface area (Å²) >= 11 is 6.03. The summed E-state index contributed by atoms with van der Waals surface area (Å²) in [7, 11) is 0. The van der Waals surface area contributed by atoms with E-state index in [-0.39, 0.29) is 11.3 Å². The van der Waals surface area contributed by atoms with Gasteiger partial charge in [-0.05, 0) is 30.7 Å². The van der Waals surface area contributed by atoms with E-state index in [0.717, 1.165) is 5.56 Å². The van der Waals surface area contributed by atoms with Gasteiger partial charge in [0.05, 0.1) is 10.5 Å². The average Bonchev–Trinajstić information content (AvgIpc) is 2.94. The number of hydrogen-bond acceptors (Lipinski definition) is 4. The Morgan fingerprint density at radius 2 is 2.04 bits per heavy atom. The van der Waals surface area contributed by atoms with Crippen LogP contribution in [0.15, 0.2) is 47.1 Å². The number of furan rings is 1. The van der Waals surface area contributed by atoms with Crippen molar-refractivity contribution in [3.8, 4) is 0 Å². The first-order chi connectivity index (χ1) is 11.0. The summed E-state index contributed by atoms with van der Waals surface area (Å²) in [5.74, 6) is -0.427. The van der Waals surface area contributed by atoms with Gasteiger partial charge in [-0.15, -0.1) is 0 Å². The molecule has 6 nitrogen and oxygen atoms in total. The highest BCUT2D eigenvalue weighted by Crippen LogP contribution is 2.27. The van der Waals surface area contributed by atoms with Crippen molar-refractivity contribution in [1.82, 2.24) is 0 Å². The largest absolute Gasteiger partial charge is 0.463 e. The van der Waals surface area contributed by atoms with Crippen molar-refractivity contribution in [3.63, 3.8) is 0 Å². The standard InChI is InChI=1S/C16H11ClN2O4/c1-9-2-3-10(6-14(9)17)18-16(20)13-8-23-15-5-4-11(19(21)22)7-12(13)15/h2-8H,1H3,(H,18,20). The van der Waals surface area contributed by atoms with Gasteiger partial charge in [-0.1, -0.05) is 17.7 Å². The molecule has 1 aromatic heterocycles. The Kier molecular flexibility index (Phi) is 3.75. The van der Waals surface area contributed by atoms with Gasteiger partial charge in [-0.3, -0.25) is 14.9 Å². The molecule has 0 aliphatic heterocycles. The number of nitrogens with zero attached hydrogens (tertiary/aromatic N) is 1. The third-order valence-corrected chi connectivity index (χ3v) is 3.85. The van der Waals surface area contributed by atoms with E-state index in [0.29, 0.717) is 21.7 Å². The lowest BCUT2D eigenvalue weighted by Gasteiger charge is -2.06. The molecule has 1 heterocycles. The Balaban J connectivity index is 1.95. The number of carbonyl (C=O) groups excluding carboxylic acids is 1. The molecule has 0 radical (unpaired) electrons. The first kappa shape index (κ1) is 15.1. The zero-order valence-corrected chi connectivity index (χ0v) is 12.8. The minimum atomic E-state index is -0.520. The van der Waals surface area contributed by atoms with Crippen molar-refractivity contribution in [2.24, 2.45) is 0 Å². The lowest BCUT2D eigenvalue weighted by molar-refractivity contribution is -0.384. The molecule has 0 fully saturated rings. The zero-order valence-electron chi connectivity index (χ0n) is 12.0. The maximum atomic E-state index is 12.4. The number of halogens is 1. The molecule has 0 bridgehead atoms. The van der Waals surface area contributed by atoms with Crippen LogP contribution in [0.25, 0.3) is 11.0 Å². The number of aryl methyl sites for hydroxylation is 1. The number of nitrogens with one attached hydrogen (secondary N) is 1. The van der Waals surface area contributed by atoms with E-state index in [1.807, 2.05) is 6.92 Å². The van der Waals surface area contributed by atoms with Crippen molar-refractivity contribution in [1.29, 1.82) is 0 Å². The van der Waals surface area contributed by atoms with Gasteiger partial charge >= 0.3 is 0 Å². The number of non-ortho nitro benzene ring substituents is 1. The Morgan fingerprint density at radius 1 is 1.26 bits per heavy atom. The van der Waals surface area contributed by atoms with Gasteiger partial charge in [0.15, 0.2) is 0 Å². The minimum absolute atomic E-state index is 0.105. The van der Waals surface area contributed by atoms with E-state index < -0.39 is 10.8 Å². The molecule has 1 N–H and O–H groups in total. The first-order valence-electron chi connectivity index (χ1n) is 6.69. The quantitative estimate of drug-likeness (QED) is 0.563. The third kappa shape index (κ3) is 2.89. The molecule has 116 valence electrons. The molecule has 0 unspecified atom stereocenters. The predicted molar refractivity (Wildman–Crippen MR) is 87.0 cm³/mol. The second-order valence-corrected chi connectivity index (χ2v) is 5.41. The number of fused-ring (bicyclic) bond motifs is 1. The van der Waals surface area contributed by atoms with Crippen LogP contribution in [0.5, 0.6) is 0 Å². The molecule has 0 aliphatic rings. The fraction of sp³-hybridized carbons (Fsp3) is 0.0625. The van der Waals surface area contributed by atoms with Crippen LogP contribution < -0.4 is 5.32 Å². The van der Waals surface area contributed by atoms with Crippen molar-refractivity contribution < 1.29 is 14.1 Å². The Morgan fingerprint density at radius 3 is 2.74 bits per heavy atom. The lowest BCUT2D eigenvalue weighted by atomic mass is 10.1. The molecule has 0 saturated heterocycles. The summed E-state index contributed by atoms with van der Waals surface area (Å²) in [6.45, 7) is 1.86. The molecule has 0 spiro atoms. The number of carbonyl (C=O) groups is 1.